The van der Waals surface area contributed by atoms with E-state index in [4.69, 9.17) is 9.84 Å². The van der Waals surface area contributed by atoms with Crippen LogP contribution in [0, 0.1) is 11.8 Å². The number of rotatable bonds is 8. The molecule has 1 saturated heterocycles. The third-order valence-corrected chi connectivity index (χ3v) is 3.92. The molecule has 0 aliphatic carbocycles. The van der Waals surface area contributed by atoms with Crippen molar-refractivity contribution in [2.75, 3.05) is 19.7 Å². The van der Waals surface area contributed by atoms with Crippen molar-refractivity contribution in [2.24, 2.45) is 11.8 Å². The van der Waals surface area contributed by atoms with Crippen LogP contribution in [0.4, 0.5) is 0 Å². The number of hydrogen-bond acceptors (Lipinski definition) is 3. The Morgan fingerprint density at radius 2 is 1.65 bits per heavy atom. The van der Waals surface area contributed by atoms with Crippen LogP contribution in [-0.2, 0) is 9.53 Å². The minimum absolute atomic E-state index is 0.126. The fourth-order valence-corrected chi connectivity index (χ4v) is 3.08. The van der Waals surface area contributed by atoms with Crippen LogP contribution in [0.25, 0.3) is 0 Å². The average Bonchev–Trinajstić information content (AvgIpc) is 2.35. The Bertz CT molecular complexity index is 273. The van der Waals surface area contributed by atoms with Crippen molar-refractivity contribution >= 4 is 5.97 Å². The molecule has 4 heteroatoms. The quantitative estimate of drug-likeness (QED) is 0.745. The summed E-state index contributed by atoms with van der Waals surface area (Å²) in [6.45, 7) is 11.1. The Morgan fingerprint density at radius 1 is 1.15 bits per heavy atom. The van der Waals surface area contributed by atoms with E-state index in [9.17, 15) is 4.79 Å². The van der Waals surface area contributed by atoms with Crippen LogP contribution in [0.2, 0.25) is 0 Å². The third-order valence-electron chi connectivity index (χ3n) is 3.92. The molecule has 0 aromatic heterocycles. The lowest BCUT2D eigenvalue weighted by atomic mass is 9.92. The monoisotopic (exact) mass is 285 g/mol. The normalized spacial score (nSPS) is 18.4. The van der Waals surface area contributed by atoms with Crippen LogP contribution < -0.4 is 0 Å². The molecule has 0 aromatic carbocycles. The van der Waals surface area contributed by atoms with Crippen LogP contribution in [0.1, 0.15) is 53.4 Å². The van der Waals surface area contributed by atoms with Crippen LogP contribution in [0.3, 0.4) is 0 Å². The lowest BCUT2D eigenvalue weighted by Gasteiger charge is -2.39. The highest BCUT2D eigenvalue weighted by atomic mass is 16.5. The molecule has 0 bridgehead atoms. The van der Waals surface area contributed by atoms with E-state index >= 15 is 0 Å². The maximum absolute atomic E-state index is 10.5. The summed E-state index contributed by atoms with van der Waals surface area (Å²) in [7, 11) is 0. The molecule has 0 atom stereocenters. The first-order chi connectivity index (χ1) is 9.38. The zero-order chi connectivity index (χ0) is 15.1. The van der Waals surface area contributed by atoms with E-state index in [0.29, 0.717) is 6.04 Å². The number of aliphatic carboxylic acids is 1. The van der Waals surface area contributed by atoms with Crippen molar-refractivity contribution in [2.45, 2.75) is 65.5 Å². The van der Waals surface area contributed by atoms with Crippen molar-refractivity contribution in [1.29, 1.82) is 0 Å². The lowest BCUT2D eigenvalue weighted by Crippen LogP contribution is -2.44. The Hall–Kier alpha value is -0.610. The molecule has 0 aromatic rings. The average molecular weight is 285 g/mol. The second kappa shape index (κ2) is 8.63. The molecule has 0 radical (unpaired) electrons. The Morgan fingerprint density at radius 3 is 2.05 bits per heavy atom. The standard InChI is InChI=1S/C16H31NO3/c1-12(2)9-14(10-13(3)4)17-7-5-15(6-8-17)20-11-16(18)19/h12-15H,5-11H2,1-4H3,(H,18,19). The minimum atomic E-state index is -0.870. The Balaban J connectivity index is 2.41. The van der Waals surface area contributed by atoms with Gasteiger partial charge in [0.15, 0.2) is 0 Å². The molecule has 1 aliphatic heterocycles. The van der Waals surface area contributed by atoms with E-state index in [0.717, 1.165) is 37.8 Å². The van der Waals surface area contributed by atoms with Crippen molar-refractivity contribution in [3.05, 3.63) is 0 Å². The van der Waals surface area contributed by atoms with E-state index in [1.807, 2.05) is 0 Å². The van der Waals surface area contributed by atoms with Gasteiger partial charge in [0.2, 0.25) is 0 Å². The fourth-order valence-electron chi connectivity index (χ4n) is 3.08. The SMILES string of the molecule is CC(C)CC(CC(C)C)N1CCC(OCC(=O)O)CC1. The van der Waals surface area contributed by atoms with Crippen molar-refractivity contribution in [3.8, 4) is 0 Å². The van der Waals surface area contributed by atoms with Gasteiger partial charge in [-0.25, -0.2) is 4.79 Å². The smallest absolute Gasteiger partial charge is 0.329 e. The van der Waals surface area contributed by atoms with Crippen molar-refractivity contribution < 1.29 is 14.6 Å². The zero-order valence-corrected chi connectivity index (χ0v) is 13.5. The number of carboxylic acids is 1. The molecule has 20 heavy (non-hydrogen) atoms. The van der Waals surface area contributed by atoms with Gasteiger partial charge >= 0.3 is 5.97 Å². The molecule has 0 unspecified atom stereocenters. The van der Waals surface area contributed by atoms with Gasteiger partial charge in [-0.3, -0.25) is 0 Å². The highest BCUT2D eigenvalue weighted by Gasteiger charge is 2.26. The molecule has 1 N–H and O–H groups in total. The van der Waals surface area contributed by atoms with Gasteiger partial charge in [0, 0.05) is 19.1 Å². The molecule has 118 valence electrons. The first-order valence-electron chi connectivity index (χ1n) is 7.96. The molecule has 1 aliphatic rings. The van der Waals surface area contributed by atoms with Gasteiger partial charge in [-0.05, 0) is 37.5 Å². The molecule has 4 nitrogen and oxygen atoms in total. The number of nitrogens with zero attached hydrogens (tertiary/aromatic N) is 1. The maximum atomic E-state index is 10.5. The molecule has 0 spiro atoms. The number of carbonyl (C=O) groups is 1. The van der Waals surface area contributed by atoms with E-state index in [1.54, 1.807) is 0 Å². The summed E-state index contributed by atoms with van der Waals surface area (Å²) in [5, 5.41) is 8.65. The fraction of sp³-hybridized carbons (Fsp3) is 0.938. The summed E-state index contributed by atoms with van der Waals surface area (Å²) in [6.07, 6.45) is 4.54. The number of carboxylic acid groups (broad SMARTS) is 1. The van der Waals surface area contributed by atoms with Gasteiger partial charge in [0.25, 0.3) is 0 Å². The summed E-state index contributed by atoms with van der Waals surface area (Å²) in [6, 6.07) is 0.662. The molecule has 0 amide bonds. The van der Waals surface area contributed by atoms with Crippen LogP contribution in [-0.4, -0.2) is 47.8 Å². The summed E-state index contributed by atoms with van der Waals surface area (Å²) in [5.74, 6) is 0.574. The van der Waals surface area contributed by atoms with Gasteiger partial charge < -0.3 is 14.7 Å². The Kier molecular flexibility index (Phi) is 7.52. The summed E-state index contributed by atoms with van der Waals surface area (Å²) >= 11 is 0. The topological polar surface area (TPSA) is 49.8 Å². The lowest BCUT2D eigenvalue weighted by molar-refractivity contribution is -0.145. The molecular formula is C16H31NO3. The highest BCUT2D eigenvalue weighted by Crippen LogP contribution is 2.24. The van der Waals surface area contributed by atoms with E-state index in [2.05, 4.69) is 32.6 Å². The maximum Gasteiger partial charge on any atom is 0.329 e. The van der Waals surface area contributed by atoms with Gasteiger partial charge in [-0.1, -0.05) is 27.7 Å². The first kappa shape index (κ1) is 17.4. The molecule has 0 saturated carbocycles. The van der Waals surface area contributed by atoms with E-state index < -0.39 is 5.97 Å². The van der Waals surface area contributed by atoms with Gasteiger partial charge in [0.05, 0.1) is 6.10 Å². The predicted molar refractivity (Wildman–Crippen MR) is 80.9 cm³/mol. The number of piperidine rings is 1. The van der Waals surface area contributed by atoms with Crippen LogP contribution in [0.15, 0.2) is 0 Å². The highest BCUT2D eigenvalue weighted by molar-refractivity contribution is 5.68. The zero-order valence-electron chi connectivity index (χ0n) is 13.5. The van der Waals surface area contributed by atoms with Crippen molar-refractivity contribution in [3.63, 3.8) is 0 Å². The van der Waals surface area contributed by atoms with E-state index in [1.165, 1.54) is 12.8 Å². The molecular weight excluding hydrogens is 254 g/mol. The predicted octanol–water partition coefficient (Wildman–Crippen LogP) is 3.01. The van der Waals surface area contributed by atoms with Gasteiger partial charge in [0.1, 0.15) is 6.61 Å². The number of ether oxygens (including phenoxy) is 1. The first-order valence-corrected chi connectivity index (χ1v) is 7.96. The van der Waals surface area contributed by atoms with Gasteiger partial charge in [-0.15, -0.1) is 0 Å². The third kappa shape index (κ3) is 6.71. The summed E-state index contributed by atoms with van der Waals surface area (Å²) in [5.41, 5.74) is 0. The van der Waals surface area contributed by atoms with Crippen molar-refractivity contribution in [1.82, 2.24) is 4.90 Å². The number of likely N-dealkylation sites (tertiary alicyclic amines) is 1. The van der Waals surface area contributed by atoms with Gasteiger partial charge in [-0.2, -0.15) is 0 Å². The summed E-state index contributed by atoms with van der Waals surface area (Å²) in [4.78, 5) is 13.1. The minimum Gasteiger partial charge on any atom is -0.480 e. The largest absolute Gasteiger partial charge is 0.480 e. The summed E-state index contributed by atoms with van der Waals surface area (Å²) < 4.78 is 5.41. The van der Waals surface area contributed by atoms with E-state index in [-0.39, 0.29) is 12.7 Å². The Labute approximate surface area is 123 Å². The molecule has 1 heterocycles. The number of hydrogen-bond donors (Lipinski definition) is 1. The second-order valence-corrected chi connectivity index (χ2v) is 6.85. The van der Waals surface area contributed by atoms with Crippen LogP contribution in [0.5, 0.6) is 0 Å². The molecule has 1 rings (SSSR count). The molecule has 1 fully saturated rings. The van der Waals surface area contributed by atoms with Crippen LogP contribution >= 0.6 is 0 Å². The second-order valence-electron chi connectivity index (χ2n) is 6.85.